The second kappa shape index (κ2) is 12.9. The lowest BCUT2D eigenvalue weighted by atomic mass is 9.87. The summed E-state index contributed by atoms with van der Waals surface area (Å²) >= 11 is 0. The average molecular weight is 474 g/mol. The van der Waals surface area contributed by atoms with E-state index in [1.807, 2.05) is 24.3 Å². The van der Waals surface area contributed by atoms with E-state index >= 15 is 0 Å². The molecule has 1 aliphatic carbocycles. The number of carbonyl (C=O) groups is 1. The number of anilines is 1. The highest BCUT2D eigenvalue weighted by molar-refractivity contribution is 14.0. The molecule has 1 aromatic rings. The van der Waals surface area contributed by atoms with Crippen molar-refractivity contribution in [1.29, 1.82) is 0 Å². The van der Waals surface area contributed by atoms with Crippen molar-refractivity contribution in [3.8, 4) is 0 Å². The first-order chi connectivity index (χ1) is 12.2. The molecule has 1 saturated carbocycles. The summed E-state index contributed by atoms with van der Waals surface area (Å²) in [5, 5.41) is 6.02. The van der Waals surface area contributed by atoms with Gasteiger partial charge in [0.05, 0.1) is 13.2 Å². The minimum atomic E-state index is 0. The Morgan fingerprint density at radius 3 is 2.73 bits per heavy atom. The molecule has 0 heterocycles. The van der Waals surface area contributed by atoms with E-state index in [9.17, 15) is 4.79 Å². The minimum Gasteiger partial charge on any atom is -0.380 e. The number of amides is 1. The third-order valence-electron chi connectivity index (χ3n) is 4.49. The predicted octanol–water partition coefficient (Wildman–Crippen LogP) is 3.26. The molecule has 0 unspecified atom stereocenters. The van der Waals surface area contributed by atoms with Gasteiger partial charge in [-0.15, -0.1) is 24.0 Å². The molecule has 1 aromatic carbocycles. The van der Waals surface area contributed by atoms with Crippen molar-refractivity contribution >= 4 is 41.5 Å². The molecule has 7 heteroatoms. The lowest BCUT2D eigenvalue weighted by Gasteiger charge is -2.20. The third-order valence-corrected chi connectivity index (χ3v) is 4.49. The molecule has 0 atom stereocenters. The first-order valence-electron chi connectivity index (χ1n) is 9.09. The van der Waals surface area contributed by atoms with Crippen molar-refractivity contribution < 1.29 is 9.53 Å². The third kappa shape index (κ3) is 8.35. The van der Waals surface area contributed by atoms with E-state index in [0.717, 1.165) is 11.3 Å². The van der Waals surface area contributed by atoms with Crippen LogP contribution in [0.15, 0.2) is 29.3 Å². The first-order valence-corrected chi connectivity index (χ1v) is 9.09. The summed E-state index contributed by atoms with van der Waals surface area (Å²) in [6, 6.07) is 7.79. The quantitative estimate of drug-likeness (QED) is 0.234. The molecule has 0 radical (unpaired) electrons. The van der Waals surface area contributed by atoms with Crippen LogP contribution in [-0.2, 0) is 16.1 Å². The number of para-hydroxylation sites is 1. The molecule has 1 aliphatic rings. The molecule has 1 fully saturated rings. The molecule has 0 saturated heterocycles. The Hall–Kier alpha value is -1.35. The van der Waals surface area contributed by atoms with Gasteiger partial charge in [-0.3, -0.25) is 9.79 Å². The molecule has 146 valence electrons. The van der Waals surface area contributed by atoms with Gasteiger partial charge >= 0.3 is 0 Å². The maximum absolute atomic E-state index is 11.9. The van der Waals surface area contributed by atoms with Gasteiger partial charge in [0.1, 0.15) is 0 Å². The number of rotatable bonds is 8. The summed E-state index contributed by atoms with van der Waals surface area (Å²) in [7, 11) is 1.66. The monoisotopic (exact) mass is 474 g/mol. The largest absolute Gasteiger partial charge is 0.380 e. The van der Waals surface area contributed by atoms with Crippen molar-refractivity contribution in [2.24, 2.45) is 16.6 Å². The number of benzene rings is 1. The normalized spacial score (nSPS) is 15.2. The van der Waals surface area contributed by atoms with Gasteiger partial charge in [-0.1, -0.05) is 37.5 Å². The summed E-state index contributed by atoms with van der Waals surface area (Å²) in [6.07, 6.45) is 6.84. The summed E-state index contributed by atoms with van der Waals surface area (Å²) in [5.74, 6) is 1.02. The van der Waals surface area contributed by atoms with Gasteiger partial charge < -0.3 is 21.1 Å². The molecular weight excluding hydrogens is 443 g/mol. The van der Waals surface area contributed by atoms with E-state index in [1.165, 1.54) is 32.1 Å². The average Bonchev–Trinajstić information content (AvgIpc) is 2.61. The van der Waals surface area contributed by atoms with E-state index in [1.54, 1.807) is 7.11 Å². The van der Waals surface area contributed by atoms with Crippen LogP contribution in [-0.4, -0.2) is 32.1 Å². The second-order valence-corrected chi connectivity index (χ2v) is 6.54. The van der Waals surface area contributed by atoms with E-state index in [4.69, 9.17) is 10.5 Å². The molecule has 4 N–H and O–H groups in total. The van der Waals surface area contributed by atoms with Gasteiger partial charge in [0.25, 0.3) is 0 Å². The molecule has 6 nitrogen and oxygen atoms in total. The molecule has 1 amide bonds. The Morgan fingerprint density at radius 1 is 1.27 bits per heavy atom. The number of ether oxygens (including phenoxy) is 1. The van der Waals surface area contributed by atoms with Crippen LogP contribution in [0.3, 0.4) is 0 Å². The number of hydrogen-bond donors (Lipinski definition) is 3. The summed E-state index contributed by atoms with van der Waals surface area (Å²) in [4.78, 5) is 16.2. The van der Waals surface area contributed by atoms with Crippen molar-refractivity contribution in [2.45, 2.75) is 45.1 Å². The molecule has 26 heavy (non-hydrogen) atoms. The topological polar surface area (TPSA) is 88.7 Å². The first kappa shape index (κ1) is 22.7. The number of hydrogen-bond acceptors (Lipinski definition) is 3. The van der Waals surface area contributed by atoms with Crippen molar-refractivity contribution in [3.05, 3.63) is 29.8 Å². The predicted molar refractivity (Wildman–Crippen MR) is 117 cm³/mol. The van der Waals surface area contributed by atoms with Crippen LogP contribution in [0.1, 0.15) is 44.1 Å². The van der Waals surface area contributed by atoms with Crippen LogP contribution >= 0.6 is 24.0 Å². The van der Waals surface area contributed by atoms with E-state index < -0.39 is 0 Å². The lowest BCUT2D eigenvalue weighted by molar-refractivity contribution is -0.122. The Kier molecular flexibility index (Phi) is 11.3. The molecule has 0 spiro atoms. The van der Waals surface area contributed by atoms with Crippen LogP contribution in [0, 0.1) is 5.92 Å². The Bertz CT molecular complexity index is 574. The molecule has 0 bridgehead atoms. The van der Waals surface area contributed by atoms with Crippen LogP contribution < -0.4 is 16.4 Å². The fourth-order valence-corrected chi connectivity index (χ4v) is 3.20. The van der Waals surface area contributed by atoms with Crippen LogP contribution in [0.2, 0.25) is 0 Å². The van der Waals surface area contributed by atoms with Gasteiger partial charge in [-0.2, -0.15) is 0 Å². The van der Waals surface area contributed by atoms with Gasteiger partial charge in [0.15, 0.2) is 5.96 Å². The fourth-order valence-electron chi connectivity index (χ4n) is 3.20. The Labute approximate surface area is 173 Å². The standard InChI is InChI=1S/C19H30N4O2.HI/c1-25-14-16-9-5-6-10-17(16)23-19(20)22-12-11-21-18(24)13-15-7-3-2-4-8-15;/h5-6,9-10,15H,2-4,7-8,11-14H2,1H3,(H,21,24)(H3,20,22,23);1H. The zero-order valence-corrected chi connectivity index (χ0v) is 17.8. The smallest absolute Gasteiger partial charge is 0.220 e. The van der Waals surface area contributed by atoms with E-state index in [0.29, 0.717) is 38.0 Å². The van der Waals surface area contributed by atoms with Gasteiger partial charge in [0, 0.05) is 31.3 Å². The zero-order chi connectivity index (χ0) is 17.9. The second-order valence-electron chi connectivity index (χ2n) is 6.54. The maximum atomic E-state index is 11.9. The summed E-state index contributed by atoms with van der Waals surface area (Å²) < 4.78 is 5.17. The van der Waals surface area contributed by atoms with E-state index in [2.05, 4.69) is 15.6 Å². The number of nitrogens with zero attached hydrogens (tertiary/aromatic N) is 1. The zero-order valence-electron chi connectivity index (χ0n) is 15.5. The fraction of sp³-hybridized carbons (Fsp3) is 0.579. The lowest BCUT2D eigenvalue weighted by Crippen LogP contribution is -2.30. The number of carbonyl (C=O) groups excluding carboxylic acids is 1. The minimum absolute atomic E-state index is 0. The van der Waals surface area contributed by atoms with Crippen molar-refractivity contribution in [1.82, 2.24) is 5.32 Å². The molecule has 0 aliphatic heterocycles. The van der Waals surface area contributed by atoms with Crippen LogP contribution in [0.4, 0.5) is 5.69 Å². The van der Waals surface area contributed by atoms with Crippen LogP contribution in [0.5, 0.6) is 0 Å². The van der Waals surface area contributed by atoms with Crippen molar-refractivity contribution in [3.63, 3.8) is 0 Å². The molecule has 0 aromatic heterocycles. The highest BCUT2D eigenvalue weighted by atomic mass is 127. The van der Waals surface area contributed by atoms with Gasteiger partial charge in [-0.05, 0) is 24.8 Å². The maximum Gasteiger partial charge on any atom is 0.220 e. The number of methoxy groups -OCH3 is 1. The molecule has 2 rings (SSSR count). The molecular formula is C19H31IN4O2. The van der Waals surface area contributed by atoms with Gasteiger partial charge in [0.2, 0.25) is 5.91 Å². The number of aliphatic imine (C=N–C) groups is 1. The number of halogens is 1. The van der Waals surface area contributed by atoms with E-state index in [-0.39, 0.29) is 29.9 Å². The number of nitrogens with two attached hydrogens (primary N) is 1. The number of nitrogens with one attached hydrogen (secondary N) is 2. The highest BCUT2D eigenvalue weighted by Crippen LogP contribution is 2.25. The SMILES string of the molecule is COCc1ccccc1NC(N)=NCCNC(=O)CC1CCCCC1.I. The summed E-state index contributed by atoms with van der Waals surface area (Å²) in [6.45, 7) is 1.48. The summed E-state index contributed by atoms with van der Waals surface area (Å²) in [5.41, 5.74) is 7.82. The van der Waals surface area contributed by atoms with Gasteiger partial charge in [-0.25, -0.2) is 0 Å². The van der Waals surface area contributed by atoms with Crippen molar-refractivity contribution in [2.75, 3.05) is 25.5 Å². The number of guanidine groups is 1. The van der Waals surface area contributed by atoms with Crippen LogP contribution in [0.25, 0.3) is 0 Å². The highest BCUT2D eigenvalue weighted by Gasteiger charge is 2.16. The Morgan fingerprint density at radius 2 is 2.00 bits per heavy atom. The Balaban J connectivity index is 0.00000338.